The number of nitrogens with zero attached hydrogens (tertiary/aromatic N) is 2. The van der Waals surface area contributed by atoms with Crippen molar-refractivity contribution in [2.45, 2.75) is 18.7 Å². The Balaban J connectivity index is 1.95. The SMILES string of the molecule is Cc1nc(-c2cccc(S(=O)(=O)Nc3ccc(Cl)cc3C)c2)no1. The molecule has 1 heterocycles. The highest BCUT2D eigenvalue weighted by molar-refractivity contribution is 7.92. The van der Waals surface area contributed by atoms with Crippen LogP contribution in [-0.4, -0.2) is 18.6 Å². The highest BCUT2D eigenvalue weighted by Gasteiger charge is 2.17. The Morgan fingerprint density at radius 1 is 1.12 bits per heavy atom. The van der Waals surface area contributed by atoms with Crippen LogP contribution >= 0.6 is 11.6 Å². The third-order valence-electron chi connectivity index (χ3n) is 3.36. The molecule has 0 fully saturated rings. The van der Waals surface area contributed by atoms with Crippen LogP contribution in [0, 0.1) is 13.8 Å². The van der Waals surface area contributed by atoms with E-state index in [1.165, 1.54) is 12.1 Å². The first kappa shape index (κ1) is 16.5. The molecule has 124 valence electrons. The van der Waals surface area contributed by atoms with Gasteiger partial charge < -0.3 is 4.52 Å². The Hall–Kier alpha value is -2.38. The molecule has 8 heteroatoms. The third-order valence-corrected chi connectivity index (χ3v) is 4.96. The van der Waals surface area contributed by atoms with Gasteiger partial charge in [0.15, 0.2) is 0 Å². The van der Waals surface area contributed by atoms with Crippen molar-refractivity contribution in [1.82, 2.24) is 10.1 Å². The minimum Gasteiger partial charge on any atom is -0.339 e. The van der Waals surface area contributed by atoms with Crippen LogP contribution in [-0.2, 0) is 10.0 Å². The Bertz CT molecular complexity index is 999. The quantitative estimate of drug-likeness (QED) is 0.761. The van der Waals surface area contributed by atoms with Gasteiger partial charge in [-0.25, -0.2) is 8.42 Å². The van der Waals surface area contributed by atoms with Crippen LogP contribution in [0.1, 0.15) is 11.5 Å². The summed E-state index contributed by atoms with van der Waals surface area (Å²) >= 11 is 5.90. The lowest BCUT2D eigenvalue weighted by molar-refractivity contribution is 0.394. The lowest BCUT2D eigenvalue weighted by Gasteiger charge is -2.11. The maximum absolute atomic E-state index is 12.6. The normalized spacial score (nSPS) is 11.5. The number of hydrogen-bond acceptors (Lipinski definition) is 5. The van der Waals surface area contributed by atoms with Crippen molar-refractivity contribution in [3.8, 4) is 11.4 Å². The topological polar surface area (TPSA) is 85.1 Å². The van der Waals surface area contributed by atoms with Gasteiger partial charge in [0, 0.05) is 17.5 Å². The molecule has 0 radical (unpaired) electrons. The largest absolute Gasteiger partial charge is 0.339 e. The summed E-state index contributed by atoms with van der Waals surface area (Å²) in [4.78, 5) is 4.21. The summed E-state index contributed by atoms with van der Waals surface area (Å²) < 4.78 is 32.7. The van der Waals surface area contributed by atoms with Crippen LogP contribution in [0.2, 0.25) is 5.02 Å². The predicted molar refractivity (Wildman–Crippen MR) is 91.5 cm³/mol. The molecule has 0 bridgehead atoms. The molecule has 0 saturated heterocycles. The van der Waals surface area contributed by atoms with E-state index in [0.29, 0.717) is 28.0 Å². The molecule has 6 nitrogen and oxygen atoms in total. The van der Waals surface area contributed by atoms with Gasteiger partial charge in [0.2, 0.25) is 11.7 Å². The average molecular weight is 364 g/mol. The zero-order valence-corrected chi connectivity index (χ0v) is 14.5. The monoisotopic (exact) mass is 363 g/mol. The molecule has 0 aliphatic rings. The summed E-state index contributed by atoms with van der Waals surface area (Å²) in [6.45, 7) is 3.45. The third kappa shape index (κ3) is 3.42. The van der Waals surface area contributed by atoms with E-state index in [0.717, 1.165) is 5.56 Å². The Labute approximate surface area is 144 Å². The number of nitrogens with one attached hydrogen (secondary N) is 1. The van der Waals surface area contributed by atoms with Crippen LogP contribution in [0.4, 0.5) is 5.69 Å². The van der Waals surface area contributed by atoms with Crippen molar-refractivity contribution >= 4 is 27.3 Å². The predicted octanol–water partition coefficient (Wildman–Crippen LogP) is 3.81. The second-order valence-corrected chi connectivity index (χ2v) is 7.35. The summed E-state index contributed by atoms with van der Waals surface area (Å²) in [5.41, 5.74) is 1.76. The second-order valence-electron chi connectivity index (χ2n) is 5.23. The number of aromatic nitrogens is 2. The molecule has 0 saturated carbocycles. The first-order valence-electron chi connectivity index (χ1n) is 7.05. The van der Waals surface area contributed by atoms with Gasteiger partial charge in [-0.2, -0.15) is 4.98 Å². The van der Waals surface area contributed by atoms with Gasteiger partial charge >= 0.3 is 0 Å². The molecule has 0 unspecified atom stereocenters. The molecule has 1 N–H and O–H groups in total. The minimum absolute atomic E-state index is 0.108. The molecule has 0 atom stereocenters. The van der Waals surface area contributed by atoms with Crippen molar-refractivity contribution in [3.05, 3.63) is 58.9 Å². The Morgan fingerprint density at radius 2 is 1.92 bits per heavy atom. The first-order chi connectivity index (χ1) is 11.3. The van der Waals surface area contributed by atoms with Crippen molar-refractivity contribution < 1.29 is 12.9 Å². The van der Waals surface area contributed by atoms with Gasteiger partial charge in [-0.1, -0.05) is 28.9 Å². The molecule has 0 amide bonds. The smallest absolute Gasteiger partial charge is 0.261 e. The molecule has 2 aromatic carbocycles. The van der Waals surface area contributed by atoms with E-state index >= 15 is 0 Å². The van der Waals surface area contributed by atoms with E-state index in [9.17, 15) is 8.42 Å². The Kier molecular flexibility index (Phi) is 4.29. The number of anilines is 1. The summed E-state index contributed by atoms with van der Waals surface area (Å²) in [6.07, 6.45) is 0. The first-order valence-corrected chi connectivity index (χ1v) is 8.91. The van der Waals surface area contributed by atoms with Crippen molar-refractivity contribution in [2.75, 3.05) is 4.72 Å². The van der Waals surface area contributed by atoms with Crippen LogP contribution in [0.25, 0.3) is 11.4 Å². The number of benzene rings is 2. The van der Waals surface area contributed by atoms with Gasteiger partial charge in [0.1, 0.15) is 0 Å². The van der Waals surface area contributed by atoms with E-state index in [4.69, 9.17) is 16.1 Å². The highest BCUT2D eigenvalue weighted by Crippen LogP contribution is 2.25. The van der Waals surface area contributed by atoms with Gasteiger partial charge in [-0.15, -0.1) is 0 Å². The van der Waals surface area contributed by atoms with Crippen LogP contribution in [0.3, 0.4) is 0 Å². The second kappa shape index (κ2) is 6.26. The fraction of sp³-hybridized carbons (Fsp3) is 0.125. The minimum atomic E-state index is -3.75. The van der Waals surface area contributed by atoms with Crippen LogP contribution in [0.15, 0.2) is 51.9 Å². The van der Waals surface area contributed by atoms with Crippen molar-refractivity contribution in [2.24, 2.45) is 0 Å². The lowest BCUT2D eigenvalue weighted by atomic mass is 10.2. The molecular weight excluding hydrogens is 350 g/mol. The van der Waals surface area contributed by atoms with E-state index < -0.39 is 10.0 Å². The van der Waals surface area contributed by atoms with E-state index in [1.807, 2.05) is 0 Å². The number of hydrogen-bond donors (Lipinski definition) is 1. The number of sulfonamides is 1. The number of aryl methyl sites for hydroxylation is 2. The standard InChI is InChI=1S/C16H14ClN3O3S/c1-10-8-13(17)6-7-15(10)20-24(21,22)14-5-3-4-12(9-14)16-18-11(2)23-19-16/h3-9,20H,1-2H3. The van der Waals surface area contributed by atoms with E-state index in [1.54, 1.807) is 44.2 Å². The maximum atomic E-state index is 12.6. The molecule has 1 aromatic heterocycles. The fourth-order valence-corrected chi connectivity index (χ4v) is 3.57. The molecule has 0 spiro atoms. The summed E-state index contributed by atoms with van der Waals surface area (Å²) in [7, 11) is -3.75. The number of rotatable bonds is 4. The molecule has 0 aliphatic heterocycles. The molecule has 3 rings (SSSR count). The van der Waals surface area contributed by atoms with E-state index in [-0.39, 0.29) is 4.90 Å². The van der Waals surface area contributed by atoms with E-state index in [2.05, 4.69) is 14.9 Å². The van der Waals surface area contributed by atoms with Crippen LogP contribution in [0.5, 0.6) is 0 Å². The molecule has 24 heavy (non-hydrogen) atoms. The van der Waals surface area contributed by atoms with Crippen molar-refractivity contribution in [3.63, 3.8) is 0 Å². The van der Waals surface area contributed by atoms with Gasteiger partial charge in [-0.3, -0.25) is 4.72 Å². The van der Waals surface area contributed by atoms with Gasteiger partial charge in [0.25, 0.3) is 10.0 Å². The maximum Gasteiger partial charge on any atom is 0.261 e. The lowest BCUT2D eigenvalue weighted by Crippen LogP contribution is -2.13. The molecule has 3 aromatic rings. The Morgan fingerprint density at radius 3 is 2.58 bits per heavy atom. The number of halogens is 1. The summed E-state index contributed by atoms with van der Waals surface area (Å²) in [5, 5.41) is 4.35. The summed E-state index contributed by atoms with van der Waals surface area (Å²) in [5.74, 6) is 0.750. The zero-order valence-electron chi connectivity index (χ0n) is 12.9. The highest BCUT2D eigenvalue weighted by atomic mass is 35.5. The summed E-state index contributed by atoms with van der Waals surface area (Å²) in [6, 6.07) is 11.3. The fourth-order valence-electron chi connectivity index (χ4n) is 2.16. The van der Waals surface area contributed by atoms with Gasteiger partial charge in [0.05, 0.1) is 10.6 Å². The van der Waals surface area contributed by atoms with Crippen LogP contribution < -0.4 is 4.72 Å². The average Bonchev–Trinajstić information content (AvgIpc) is 2.97. The van der Waals surface area contributed by atoms with Gasteiger partial charge in [-0.05, 0) is 42.8 Å². The zero-order chi connectivity index (χ0) is 17.3. The molecule has 0 aliphatic carbocycles. The molecular formula is C16H14ClN3O3S. The van der Waals surface area contributed by atoms with Crippen molar-refractivity contribution in [1.29, 1.82) is 0 Å².